The minimum atomic E-state index is 0.771. The van der Waals surface area contributed by atoms with Crippen molar-refractivity contribution in [3.05, 3.63) is 36.4 Å². The van der Waals surface area contributed by atoms with Crippen LogP contribution in [-0.2, 0) is 0 Å². The van der Waals surface area contributed by atoms with Gasteiger partial charge in [-0.3, -0.25) is 0 Å². The van der Waals surface area contributed by atoms with Crippen molar-refractivity contribution in [2.24, 2.45) is 0 Å². The van der Waals surface area contributed by atoms with Crippen molar-refractivity contribution in [1.82, 2.24) is 0 Å². The summed E-state index contributed by atoms with van der Waals surface area (Å²) in [6, 6.07) is 12.1. The average Bonchev–Trinajstić information content (AvgIpc) is 2.39. The lowest BCUT2D eigenvalue weighted by Crippen LogP contribution is -1.97. The average molecular weight is 230 g/mol. The Labute approximate surface area is 102 Å². The number of fused-ring (bicyclic) bond motifs is 1. The summed E-state index contributed by atoms with van der Waals surface area (Å²) in [5.41, 5.74) is 0. The molecule has 0 spiro atoms. The zero-order valence-corrected chi connectivity index (χ0v) is 10.4. The second-order valence-corrected chi connectivity index (χ2v) is 4.01. The van der Waals surface area contributed by atoms with Gasteiger partial charge >= 0.3 is 0 Å². The predicted octanol–water partition coefficient (Wildman–Crippen LogP) is 4.03. The van der Waals surface area contributed by atoms with E-state index in [0.717, 1.165) is 41.7 Å². The Hall–Kier alpha value is -1.70. The van der Waals surface area contributed by atoms with E-state index < -0.39 is 0 Å². The van der Waals surface area contributed by atoms with E-state index in [0.29, 0.717) is 0 Å². The molecule has 90 valence electrons. The van der Waals surface area contributed by atoms with E-state index >= 15 is 0 Å². The highest BCUT2D eigenvalue weighted by Crippen LogP contribution is 2.32. The summed E-state index contributed by atoms with van der Waals surface area (Å²) in [6.45, 7) is 2.93. The lowest BCUT2D eigenvalue weighted by atomic mass is 10.1. The number of ether oxygens (including phenoxy) is 2. The van der Waals surface area contributed by atoms with Crippen LogP contribution in [0.25, 0.3) is 10.8 Å². The van der Waals surface area contributed by atoms with Crippen molar-refractivity contribution in [3.63, 3.8) is 0 Å². The van der Waals surface area contributed by atoms with Crippen molar-refractivity contribution in [1.29, 1.82) is 0 Å². The third-order valence-corrected chi connectivity index (χ3v) is 2.82. The number of methoxy groups -OCH3 is 1. The van der Waals surface area contributed by atoms with Crippen LogP contribution in [0.3, 0.4) is 0 Å². The van der Waals surface area contributed by atoms with Crippen LogP contribution < -0.4 is 9.47 Å². The third kappa shape index (κ3) is 2.52. The molecule has 0 aliphatic carbocycles. The summed E-state index contributed by atoms with van der Waals surface area (Å²) in [5, 5.41) is 2.21. The van der Waals surface area contributed by atoms with Crippen LogP contribution in [0.5, 0.6) is 11.5 Å². The Balaban J connectivity index is 2.37. The monoisotopic (exact) mass is 230 g/mol. The van der Waals surface area contributed by atoms with Gasteiger partial charge in [0.2, 0.25) is 0 Å². The molecule has 0 unspecified atom stereocenters. The van der Waals surface area contributed by atoms with E-state index in [9.17, 15) is 0 Å². The number of hydrogen-bond acceptors (Lipinski definition) is 2. The highest BCUT2D eigenvalue weighted by molar-refractivity contribution is 5.93. The summed E-state index contributed by atoms with van der Waals surface area (Å²) < 4.78 is 11.2. The van der Waals surface area contributed by atoms with Crippen LogP contribution in [-0.4, -0.2) is 13.7 Å². The number of rotatable bonds is 5. The van der Waals surface area contributed by atoms with Gasteiger partial charge in [0.25, 0.3) is 0 Å². The molecule has 2 nitrogen and oxygen atoms in total. The molecule has 2 rings (SSSR count). The molecule has 0 fully saturated rings. The number of hydrogen-bond donors (Lipinski definition) is 0. The van der Waals surface area contributed by atoms with Crippen molar-refractivity contribution >= 4 is 10.8 Å². The molecule has 0 aliphatic rings. The van der Waals surface area contributed by atoms with Gasteiger partial charge < -0.3 is 9.47 Å². The molecule has 2 aromatic rings. The number of unbranched alkanes of at least 4 members (excludes halogenated alkanes) is 1. The van der Waals surface area contributed by atoms with Gasteiger partial charge in [-0.1, -0.05) is 37.6 Å². The highest BCUT2D eigenvalue weighted by Gasteiger charge is 2.06. The van der Waals surface area contributed by atoms with Crippen molar-refractivity contribution in [3.8, 4) is 11.5 Å². The SMILES string of the molecule is CCCCOc1ccc(OC)c2ccccc12. The predicted molar refractivity (Wildman–Crippen MR) is 70.9 cm³/mol. The van der Waals surface area contributed by atoms with Gasteiger partial charge in [0.1, 0.15) is 11.5 Å². The molecule has 0 heterocycles. The van der Waals surface area contributed by atoms with E-state index in [2.05, 4.69) is 19.1 Å². The maximum atomic E-state index is 5.80. The number of benzene rings is 2. The van der Waals surface area contributed by atoms with Crippen LogP contribution in [0, 0.1) is 0 Å². The zero-order chi connectivity index (χ0) is 12.1. The van der Waals surface area contributed by atoms with E-state index in [4.69, 9.17) is 9.47 Å². The third-order valence-electron chi connectivity index (χ3n) is 2.82. The van der Waals surface area contributed by atoms with Gasteiger partial charge in [0.15, 0.2) is 0 Å². The molecule has 0 saturated heterocycles. The standard InChI is InChI=1S/C15H18O2/c1-3-4-11-17-15-10-9-14(16-2)12-7-5-6-8-13(12)15/h5-10H,3-4,11H2,1-2H3. The maximum absolute atomic E-state index is 5.80. The van der Waals surface area contributed by atoms with Gasteiger partial charge in [-0.25, -0.2) is 0 Å². The molecule has 0 radical (unpaired) electrons. The molecule has 0 bridgehead atoms. The van der Waals surface area contributed by atoms with E-state index in [-0.39, 0.29) is 0 Å². The smallest absolute Gasteiger partial charge is 0.127 e. The molecule has 0 amide bonds. The quantitative estimate of drug-likeness (QED) is 0.722. The Kier molecular flexibility index (Phi) is 3.86. The molecule has 0 N–H and O–H groups in total. The molecule has 0 atom stereocenters. The second kappa shape index (κ2) is 5.58. The van der Waals surface area contributed by atoms with Crippen LogP contribution in [0.15, 0.2) is 36.4 Å². The Morgan fingerprint density at radius 1 is 0.941 bits per heavy atom. The summed E-state index contributed by atoms with van der Waals surface area (Å²) >= 11 is 0. The van der Waals surface area contributed by atoms with Crippen molar-refractivity contribution < 1.29 is 9.47 Å². The fraction of sp³-hybridized carbons (Fsp3) is 0.333. The van der Waals surface area contributed by atoms with E-state index in [1.54, 1.807) is 7.11 Å². The Morgan fingerprint density at radius 2 is 1.59 bits per heavy atom. The normalized spacial score (nSPS) is 10.5. The summed E-state index contributed by atoms with van der Waals surface area (Å²) in [4.78, 5) is 0. The van der Waals surface area contributed by atoms with Gasteiger partial charge in [0.05, 0.1) is 13.7 Å². The summed E-state index contributed by atoms with van der Waals surface area (Å²) in [5.74, 6) is 1.83. The van der Waals surface area contributed by atoms with Crippen LogP contribution >= 0.6 is 0 Å². The van der Waals surface area contributed by atoms with E-state index in [1.165, 1.54) is 0 Å². The lowest BCUT2D eigenvalue weighted by Gasteiger charge is -2.11. The van der Waals surface area contributed by atoms with Crippen molar-refractivity contribution in [2.45, 2.75) is 19.8 Å². The van der Waals surface area contributed by atoms with Gasteiger partial charge in [-0.05, 0) is 18.6 Å². The fourth-order valence-electron chi connectivity index (χ4n) is 1.87. The summed E-state index contributed by atoms with van der Waals surface area (Å²) in [6.07, 6.45) is 2.23. The first-order chi connectivity index (χ1) is 8.36. The fourth-order valence-corrected chi connectivity index (χ4v) is 1.87. The highest BCUT2D eigenvalue weighted by atomic mass is 16.5. The molecular formula is C15H18O2. The lowest BCUT2D eigenvalue weighted by molar-refractivity contribution is 0.312. The molecule has 0 saturated carbocycles. The largest absolute Gasteiger partial charge is 0.496 e. The first-order valence-corrected chi connectivity index (χ1v) is 6.05. The van der Waals surface area contributed by atoms with Gasteiger partial charge in [-0.15, -0.1) is 0 Å². The molecule has 2 aromatic carbocycles. The first-order valence-electron chi connectivity index (χ1n) is 6.05. The second-order valence-electron chi connectivity index (χ2n) is 4.01. The topological polar surface area (TPSA) is 18.5 Å². The summed E-state index contributed by atoms with van der Waals surface area (Å²) in [7, 11) is 1.69. The molecule has 0 aromatic heterocycles. The first kappa shape index (κ1) is 11.8. The van der Waals surface area contributed by atoms with Crippen molar-refractivity contribution in [2.75, 3.05) is 13.7 Å². The molecule has 0 aliphatic heterocycles. The minimum Gasteiger partial charge on any atom is -0.496 e. The minimum absolute atomic E-state index is 0.771. The van der Waals surface area contributed by atoms with Crippen LogP contribution in [0.2, 0.25) is 0 Å². The van der Waals surface area contributed by atoms with Crippen LogP contribution in [0.1, 0.15) is 19.8 Å². The van der Waals surface area contributed by atoms with Gasteiger partial charge in [-0.2, -0.15) is 0 Å². The zero-order valence-electron chi connectivity index (χ0n) is 10.4. The maximum Gasteiger partial charge on any atom is 0.127 e. The van der Waals surface area contributed by atoms with Crippen LogP contribution in [0.4, 0.5) is 0 Å². The van der Waals surface area contributed by atoms with Gasteiger partial charge in [0, 0.05) is 10.8 Å². The Bertz CT molecular complexity index is 491. The van der Waals surface area contributed by atoms with E-state index in [1.807, 2.05) is 24.3 Å². The molecular weight excluding hydrogens is 212 g/mol. The molecule has 2 heteroatoms. The Morgan fingerprint density at radius 3 is 2.24 bits per heavy atom. The molecule has 17 heavy (non-hydrogen) atoms.